The Hall–Kier alpha value is -2.18. The number of anilines is 2. The van der Waals surface area contributed by atoms with E-state index in [0.29, 0.717) is 5.95 Å². The summed E-state index contributed by atoms with van der Waals surface area (Å²) in [5.41, 5.74) is 9.32. The molecule has 0 spiro atoms. The third-order valence-electron chi connectivity index (χ3n) is 5.61. The zero-order valence-electron chi connectivity index (χ0n) is 15.1. The number of piperidine rings is 1. The fourth-order valence-electron chi connectivity index (χ4n) is 4.15. The second-order valence-corrected chi connectivity index (χ2v) is 7.26. The Kier molecular flexibility index (Phi) is 5.04. The predicted molar refractivity (Wildman–Crippen MR) is 103 cm³/mol. The van der Waals surface area contributed by atoms with Crippen LogP contribution in [0.1, 0.15) is 35.8 Å². The van der Waals surface area contributed by atoms with Gasteiger partial charge in [-0.25, -0.2) is 4.98 Å². The molecular weight excluding hydrogens is 326 g/mol. The number of nitrogens with two attached hydrogens (primary N) is 1. The van der Waals surface area contributed by atoms with Gasteiger partial charge in [-0.1, -0.05) is 30.3 Å². The molecule has 1 saturated heterocycles. The molecule has 0 radical (unpaired) electrons. The molecule has 0 bridgehead atoms. The van der Waals surface area contributed by atoms with Crippen LogP contribution in [0.15, 0.2) is 30.3 Å². The Morgan fingerprint density at radius 1 is 1.08 bits per heavy atom. The quantitative estimate of drug-likeness (QED) is 0.778. The van der Waals surface area contributed by atoms with Crippen LogP contribution in [0.25, 0.3) is 0 Å². The zero-order valence-corrected chi connectivity index (χ0v) is 15.1. The van der Waals surface area contributed by atoms with Crippen molar-refractivity contribution in [2.45, 2.75) is 31.8 Å². The number of nitrogens with one attached hydrogen (secondary N) is 1. The highest BCUT2D eigenvalue weighted by Gasteiger charge is 2.29. The van der Waals surface area contributed by atoms with Crippen molar-refractivity contribution in [2.24, 2.45) is 5.92 Å². The lowest BCUT2D eigenvalue weighted by Crippen LogP contribution is -2.37. The van der Waals surface area contributed by atoms with Crippen molar-refractivity contribution in [3.05, 3.63) is 47.2 Å². The Balaban J connectivity index is 1.49. The van der Waals surface area contributed by atoms with Crippen molar-refractivity contribution in [3.8, 4) is 0 Å². The van der Waals surface area contributed by atoms with Crippen LogP contribution in [-0.2, 0) is 12.8 Å². The lowest BCUT2D eigenvalue weighted by atomic mass is 9.87. The summed E-state index contributed by atoms with van der Waals surface area (Å²) in [5.74, 6) is 1.66. The number of aliphatic hydroxyl groups is 1. The molecule has 3 heterocycles. The van der Waals surface area contributed by atoms with E-state index >= 15 is 0 Å². The van der Waals surface area contributed by atoms with Crippen molar-refractivity contribution in [2.75, 3.05) is 36.8 Å². The average molecular weight is 353 g/mol. The maximum absolute atomic E-state index is 10.7. The van der Waals surface area contributed by atoms with Crippen LogP contribution in [0, 0.1) is 5.92 Å². The lowest BCUT2D eigenvalue weighted by Gasteiger charge is -2.36. The maximum atomic E-state index is 10.7. The molecule has 0 unspecified atom stereocenters. The molecule has 1 fully saturated rings. The molecule has 6 nitrogen and oxygen atoms in total. The predicted octanol–water partition coefficient (Wildman–Crippen LogP) is 1.70. The molecular formula is C20H27N5O. The standard InChI is InChI=1S/C20H27N5O/c21-20-23-17-7-11-22-10-6-16(17)19(24-20)25-12-8-15(9-13-25)18(26)14-4-2-1-3-5-14/h1-5,15,18,22,26H,6-13H2,(H2,21,23,24)/t18-/m0/s1. The van der Waals surface area contributed by atoms with E-state index in [1.807, 2.05) is 30.3 Å². The van der Waals surface area contributed by atoms with Gasteiger partial charge in [0.1, 0.15) is 5.82 Å². The summed E-state index contributed by atoms with van der Waals surface area (Å²) in [6.07, 6.45) is 3.35. The first-order valence-corrected chi connectivity index (χ1v) is 9.56. The smallest absolute Gasteiger partial charge is 0.222 e. The molecule has 4 rings (SSSR count). The first-order valence-electron chi connectivity index (χ1n) is 9.56. The fourth-order valence-corrected chi connectivity index (χ4v) is 4.15. The molecule has 26 heavy (non-hydrogen) atoms. The van der Waals surface area contributed by atoms with Gasteiger partial charge in [0.2, 0.25) is 5.95 Å². The average Bonchev–Trinajstić information content (AvgIpc) is 2.93. The number of nitrogens with zero attached hydrogens (tertiary/aromatic N) is 3. The number of rotatable bonds is 3. The normalized spacial score (nSPS) is 19.7. The van der Waals surface area contributed by atoms with Crippen molar-refractivity contribution < 1.29 is 5.11 Å². The number of aromatic nitrogens is 2. The highest BCUT2D eigenvalue weighted by atomic mass is 16.3. The van der Waals surface area contributed by atoms with Crippen molar-refractivity contribution in [1.29, 1.82) is 0 Å². The topological polar surface area (TPSA) is 87.3 Å². The molecule has 2 aromatic rings. The Morgan fingerprint density at radius 2 is 1.81 bits per heavy atom. The molecule has 2 aliphatic heterocycles. The molecule has 6 heteroatoms. The molecule has 1 atom stereocenters. The lowest BCUT2D eigenvalue weighted by molar-refractivity contribution is 0.0928. The summed E-state index contributed by atoms with van der Waals surface area (Å²) in [4.78, 5) is 11.4. The molecule has 0 amide bonds. The van der Waals surface area contributed by atoms with Crippen LogP contribution in [0.3, 0.4) is 0 Å². The number of aliphatic hydroxyl groups excluding tert-OH is 1. The van der Waals surface area contributed by atoms with Gasteiger partial charge in [-0.05, 0) is 37.3 Å². The van der Waals surface area contributed by atoms with E-state index in [0.717, 1.165) is 68.9 Å². The number of nitrogen functional groups attached to an aromatic ring is 1. The minimum absolute atomic E-state index is 0.285. The van der Waals surface area contributed by atoms with Gasteiger partial charge in [0.15, 0.2) is 0 Å². The zero-order chi connectivity index (χ0) is 17.9. The highest BCUT2D eigenvalue weighted by Crippen LogP contribution is 2.33. The summed E-state index contributed by atoms with van der Waals surface area (Å²) in [7, 11) is 0. The van der Waals surface area contributed by atoms with E-state index in [1.165, 1.54) is 5.56 Å². The third kappa shape index (κ3) is 3.52. The highest BCUT2D eigenvalue weighted by molar-refractivity contribution is 5.53. The molecule has 0 aliphatic carbocycles. The largest absolute Gasteiger partial charge is 0.388 e. The van der Waals surface area contributed by atoms with E-state index in [9.17, 15) is 5.11 Å². The van der Waals surface area contributed by atoms with Crippen molar-refractivity contribution in [1.82, 2.24) is 15.3 Å². The van der Waals surface area contributed by atoms with Gasteiger partial charge in [0.05, 0.1) is 11.8 Å². The number of hydrogen-bond acceptors (Lipinski definition) is 6. The molecule has 1 aromatic heterocycles. The van der Waals surface area contributed by atoms with Gasteiger partial charge in [0.25, 0.3) is 0 Å². The van der Waals surface area contributed by atoms with Crippen molar-refractivity contribution in [3.63, 3.8) is 0 Å². The number of fused-ring (bicyclic) bond motifs is 1. The summed E-state index contributed by atoms with van der Waals surface area (Å²) in [6, 6.07) is 9.98. The van der Waals surface area contributed by atoms with Gasteiger partial charge in [-0.2, -0.15) is 4.98 Å². The first-order chi connectivity index (χ1) is 12.7. The Labute approximate surface area is 154 Å². The number of benzene rings is 1. The first kappa shape index (κ1) is 17.2. The minimum atomic E-state index is -0.393. The summed E-state index contributed by atoms with van der Waals surface area (Å²) in [5, 5.41) is 14.1. The second kappa shape index (κ2) is 7.60. The van der Waals surface area contributed by atoms with E-state index < -0.39 is 6.10 Å². The molecule has 0 saturated carbocycles. The van der Waals surface area contributed by atoms with Crippen LogP contribution in [0.5, 0.6) is 0 Å². The van der Waals surface area contributed by atoms with Crippen LogP contribution in [-0.4, -0.2) is 41.3 Å². The molecule has 4 N–H and O–H groups in total. The number of hydrogen-bond donors (Lipinski definition) is 3. The third-order valence-corrected chi connectivity index (χ3v) is 5.61. The van der Waals surface area contributed by atoms with E-state index in [4.69, 9.17) is 5.73 Å². The second-order valence-electron chi connectivity index (χ2n) is 7.26. The molecule has 2 aliphatic rings. The van der Waals surface area contributed by atoms with Gasteiger partial charge in [0, 0.05) is 31.6 Å². The van der Waals surface area contributed by atoms with Crippen LogP contribution in [0.4, 0.5) is 11.8 Å². The summed E-state index contributed by atoms with van der Waals surface area (Å²) in [6.45, 7) is 3.68. The molecule has 1 aromatic carbocycles. The monoisotopic (exact) mass is 353 g/mol. The van der Waals surface area contributed by atoms with E-state index in [1.54, 1.807) is 0 Å². The van der Waals surface area contributed by atoms with Crippen LogP contribution < -0.4 is 16.0 Å². The van der Waals surface area contributed by atoms with Gasteiger partial charge in [-0.15, -0.1) is 0 Å². The van der Waals surface area contributed by atoms with Crippen LogP contribution >= 0.6 is 0 Å². The van der Waals surface area contributed by atoms with E-state index in [2.05, 4.69) is 20.2 Å². The summed E-state index contributed by atoms with van der Waals surface area (Å²) >= 11 is 0. The van der Waals surface area contributed by atoms with Crippen LogP contribution in [0.2, 0.25) is 0 Å². The summed E-state index contributed by atoms with van der Waals surface area (Å²) < 4.78 is 0. The Bertz CT molecular complexity index is 743. The van der Waals surface area contributed by atoms with Gasteiger partial charge in [-0.3, -0.25) is 0 Å². The Morgan fingerprint density at radius 3 is 2.58 bits per heavy atom. The SMILES string of the molecule is Nc1nc2c(c(N3CCC([C@@H](O)c4ccccc4)CC3)n1)CCNCC2. The van der Waals surface area contributed by atoms with Gasteiger partial charge < -0.3 is 21.1 Å². The van der Waals surface area contributed by atoms with Crippen molar-refractivity contribution >= 4 is 11.8 Å². The maximum Gasteiger partial charge on any atom is 0.222 e. The minimum Gasteiger partial charge on any atom is -0.388 e. The fraction of sp³-hybridized carbons (Fsp3) is 0.500. The molecule has 138 valence electrons. The van der Waals surface area contributed by atoms with Gasteiger partial charge >= 0.3 is 0 Å². The van der Waals surface area contributed by atoms with E-state index in [-0.39, 0.29) is 5.92 Å².